The maximum Gasteiger partial charge on any atom is 0.290 e. The zero-order chi connectivity index (χ0) is 24.7. The molecule has 6 nitrogen and oxygen atoms in total. The second-order valence-corrected chi connectivity index (χ2v) is 9.01. The quantitative estimate of drug-likeness (QED) is 0.354. The van der Waals surface area contributed by atoms with Crippen molar-refractivity contribution in [1.29, 1.82) is 0 Å². The van der Waals surface area contributed by atoms with Crippen LogP contribution in [0.4, 0.5) is 0 Å². The number of halogens is 1. The van der Waals surface area contributed by atoms with Gasteiger partial charge in [0, 0.05) is 11.6 Å². The van der Waals surface area contributed by atoms with Crippen LogP contribution in [0.5, 0.6) is 11.5 Å². The van der Waals surface area contributed by atoms with Crippen molar-refractivity contribution in [3.05, 3.63) is 104 Å². The molecule has 0 spiro atoms. The van der Waals surface area contributed by atoms with Crippen molar-refractivity contribution in [1.82, 2.24) is 4.90 Å². The second-order valence-electron chi connectivity index (χ2n) is 8.57. The number of ether oxygens (including phenoxy) is 2. The summed E-state index contributed by atoms with van der Waals surface area (Å²) in [4.78, 5) is 28.9. The Hall–Kier alpha value is -3.77. The van der Waals surface area contributed by atoms with Gasteiger partial charge in [0.2, 0.25) is 5.76 Å². The van der Waals surface area contributed by atoms with E-state index in [2.05, 4.69) is 0 Å². The van der Waals surface area contributed by atoms with Gasteiger partial charge in [-0.3, -0.25) is 9.59 Å². The lowest BCUT2D eigenvalue weighted by Gasteiger charge is -2.25. The molecule has 0 N–H and O–H groups in total. The Morgan fingerprint density at radius 3 is 2.51 bits per heavy atom. The van der Waals surface area contributed by atoms with Gasteiger partial charge in [0.1, 0.15) is 5.58 Å². The minimum absolute atomic E-state index is 0.0867. The Morgan fingerprint density at radius 1 is 0.971 bits per heavy atom. The molecule has 5 rings (SSSR count). The molecule has 0 fully saturated rings. The molecule has 1 amide bonds. The molecule has 0 radical (unpaired) electrons. The van der Waals surface area contributed by atoms with E-state index in [1.54, 1.807) is 43.4 Å². The molecule has 4 aromatic rings. The molecule has 3 aromatic carbocycles. The van der Waals surface area contributed by atoms with Gasteiger partial charge >= 0.3 is 0 Å². The van der Waals surface area contributed by atoms with E-state index in [9.17, 15) is 9.59 Å². The summed E-state index contributed by atoms with van der Waals surface area (Å²) < 4.78 is 16.8. The molecule has 7 heteroatoms. The first-order chi connectivity index (χ1) is 16.9. The van der Waals surface area contributed by atoms with Crippen LogP contribution >= 0.6 is 11.6 Å². The van der Waals surface area contributed by atoms with Gasteiger partial charge in [0.05, 0.1) is 31.2 Å². The van der Waals surface area contributed by atoms with Gasteiger partial charge < -0.3 is 18.8 Å². The zero-order valence-corrected chi connectivity index (χ0v) is 20.4. The van der Waals surface area contributed by atoms with E-state index >= 15 is 0 Å². The van der Waals surface area contributed by atoms with Crippen LogP contribution in [0.1, 0.15) is 38.9 Å². The van der Waals surface area contributed by atoms with Crippen molar-refractivity contribution in [3.63, 3.8) is 0 Å². The third kappa shape index (κ3) is 4.04. The first-order valence-corrected chi connectivity index (χ1v) is 11.6. The number of rotatable bonds is 6. The molecule has 2 heterocycles. The third-order valence-electron chi connectivity index (χ3n) is 6.37. The molecule has 1 atom stereocenters. The fraction of sp³-hybridized carbons (Fsp3) is 0.214. The van der Waals surface area contributed by atoms with Crippen LogP contribution < -0.4 is 14.9 Å². The number of carbonyl (C=O) groups excluding carboxylic acids is 1. The number of aryl methyl sites for hydroxylation is 1. The number of fused-ring (bicyclic) bond motifs is 2. The number of hydrogen-bond acceptors (Lipinski definition) is 5. The first kappa shape index (κ1) is 23.0. The molecule has 1 aliphatic heterocycles. The van der Waals surface area contributed by atoms with E-state index in [0.717, 1.165) is 16.7 Å². The SMILES string of the molecule is COc1ccc(CCN2C(=O)c3oc4ccc(C)cc4c(=O)c3[C@@H]2c2cccc(Cl)c2)cc1OC. The number of benzene rings is 3. The van der Waals surface area contributed by atoms with Gasteiger partial charge in [-0.05, 0) is 60.9 Å². The summed E-state index contributed by atoms with van der Waals surface area (Å²) >= 11 is 6.29. The second kappa shape index (κ2) is 9.12. The van der Waals surface area contributed by atoms with Crippen LogP contribution in [0.3, 0.4) is 0 Å². The topological polar surface area (TPSA) is 69.0 Å². The molecular formula is C28H24ClNO5. The first-order valence-electron chi connectivity index (χ1n) is 11.3. The molecular weight excluding hydrogens is 466 g/mol. The highest BCUT2D eigenvalue weighted by atomic mass is 35.5. The van der Waals surface area contributed by atoms with Gasteiger partial charge in [-0.1, -0.05) is 41.4 Å². The monoisotopic (exact) mass is 489 g/mol. The zero-order valence-electron chi connectivity index (χ0n) is 19.6. The number of amides is 1. The van der Waals surface area contributed by atoms with Crippen LogP contribution in [-0.2, 0) is 6.42 Å². The van der Waals surface area contributed by atoms with Crippen LogP contribution in [-0.4, -0.2) is 31.6 Å². The van der Waals surface area contributed by atoms with E-state index in [1.807, 2.05) is 43.3 Å². The predicted molar refractivity (Wildman–Crippen MR) is 135 cm³/mol. The molecule has 0 saturated carbocycles. The molecule has 1 aromatic heterocycles. The predicted octanol–water partition coefficient (Wildman–Crippen LogP) is 5.56. The van der Waals surface area contributed by atoms with E-state index in [1.165, 1.54) is 0 Å². The third-order valence-corrected chi connectivity index (χ3v) is 6.61. The van der Waals surface area contributed by atoms with Crippen molar-refractivity contribution in [3.8, 4) is 11.5 Å². The highest BCUT2D eigenvalue weighted by molar-refractivity contribution is 6.30. The van der Waals surface area contributed by atoms with Gasteiger partial charge in [-0.2, -0.15) is 0 Å². The highest BCUT2D eigenvalue weighted by Gasteiger charge is 2.42. The lowest BCUT2D eigenvalue weighted by atomic mass is 9.98. The largest absolute Gasteiger partial charge is 0.493 e. The molecule has 1 aliphatic rings. The van der Waals surface area contributed by atoms with E-state index in [-0.39, 0.29) is 17.1 Å². The molecule has 178 valence electrons. The summed E-state index contributed by atoms with van der Waals surface area (Å²) in [5.41, 5.74) is 3.23. The van der Waals surface area contributed by atoms with Crippen LogP contribution in [0.15, 0.2) is 69.9 Å². The van der Waals surface area contributed by atoms with Crippen molar-refractivity contribution in [2.45, 2.75) is 19.4 Å². The fourth-order valence-corrected chi connectivity index (χ4v) is 4.87. The Balaban J connectivity index is 1.59. The fourth-order valence-electron chi connectivity index (χ4n) is 4.67. The molecule has 0 saturated heterocycles. The average Bonchev–Trinajstić information content (AvgIpc) is 3.14. The van der Waals surface area contributed by atoms with E-state index < -0.39 is 6.04 Å². The Labute approximate surface area is 207 Å². The van der Waals surface area contributed by atoms with Crippen molar-refractivity contribution in [2.24, 2.45) is 0 Å². The van der Waals surface area contributed by atoms with Gasteiger partial charge in [0.15, 0.2) is 16.9 Å². The van der Waals surface area contributed by atoms with Crippen LogP contribution in [0, 0.1) is 6.92 Å². The average molecular weight is 490 g/mol. The number of nitrogens with zero attached hydrogens (tertiary/aromatic N) is 1. The smallest absolute Gasteiger partial charge is 0.290 e. The molecule has 0 aliphatic carbocycles. The summed E-state index contributed by atoms with van der Waals surface area (Å²) in [5, 5.41) is 0.995. The van der Waals surface area contributed by atoms with E-state index in [4.69, 9.17) is 25.5 Å². The van der Waals surface area contributed by atoms with Crippen molar-refractivity contribution in [2.75, 3.05) is 20.8 Å². The molecule has 35 heavy (non-hydrogen) atoms. The maximum atomic E-state index is 13.7. The minimum Gasteiger partial charge on any atom is -0.493 e. The summed E-state index contributed by atoms with van der Waals surface area (Å²) in [5.74, 6) is 1.02. The summed E-state index contributed by atoms with van der Waals surface area (Å²) in [6.45, 7) is 2.28. The lowest BCUT2D eigenvalue weighted by molar-refractivity contribution is 0.0730. The lowest BCUT2D eigenvalue weighted by Crippen LogP contribution is -2.31. The van der Waals surface area contributed by atoms with Gasteiger partial charge in [-0.25, -0.2) is 0 Å². The Kier molecular flexibility index (Phi) is 5.99. The standard InChI is InChI=1S/C28H24ClNO5/c1-16-7-9-21-20(13-16)26(31)24-25(18-5-4-6-19(29)15-18)30(28(32)27(24)35-21)12-11-17-8-10-22(33-2)23(14-17)34-3/h4-10,13-15,25H,11-12H2,1-3H3/t25-/m0/s1. The van der Waals surface area contributed by atoms with Crippen molar-refractivity contribution >= 4 is 28.5 Å². The Bertz CT molecular complexity index is 1510. The summed E-state index contributed by atoms with van der Waals surface area (Å²) in [7, 11) is 3.17. The molecule has 0 unspecified atom stereocenters. The van der Waals surface area contributed by atoms with Crippen LogP contribution in [0.2, 0.25) is 5.02 Å². The maximum absolute atomic E-state index is 13.7. The molecule has 0 bridgehead atoms. The number of methoxy groups -OCH3 is 2. The number of carbonyl (C=O) groups is 1. The van der Waals surface area contributed by atoms with Gasteiger partial charge in [0.25, 0.3) is 5.91 Å². The Morgan fingerprint density at radius 2 is 1.77 bits per heavy atom. The van der Waals surface area contributed by atoms with Crippen molar-refractivity contribution < 1.29 is 18.7 Å². The summed E-state index contributed by atoms with van der Waals surface area (Å²) in [6, 6.07) is 17.7. The normalized spacial score (nSPS) is 14.9. The van der Waals surface area contributed by atoms with Crippen LogP contribution in [0.25, 0.3) is 11.0 Å². The summed E-state index contributed by atoms with van der Waals surface area (Å²) in [6.07, 6.45) is 0.546. The number of hydrogen-bond donors (Lipinski definition) is 0. The highest BCUT2D eigenvalue weighted by Crippen LogP contribution is 2.39. The van der Waals surface area contributed by atoms with E-state index in [0.29, 0.717) is 46.0 Å². The van der Waals surface area contributed by atoms with Gasteiger partial charge in [-0.15, -0.1) is 0 Å². The minimum atomic E-state index is -0.600.